The molecule has 0 aliphatic heterocycles. The van der Waals surface area contributed by atoms with E-state index in [1.807, 2.05) is 13.8 Å². The molecule has 0 spiro atoms. The number of carbonyl (C=O) groups is 2. The lowest BCUT2D eigenvalue weighted by molar-refractivity contribution is -0.137. The summed E-state index contributed by atoms with van der Waals surface area (Å²) in [5.74, 6) is -0.735. The molecule has 2 rings (SSSR count). The molecule has 0 saturated carbocycles. The van der Waals surface area contributed by atoms with Crippen LogP contribution in [0.15, 0.2) is 18.2 Å². The minimum absolute atomic E-state index is 0.00797. The molecule has 1 amide bonds. The monoisotopic (exact) mass is 398 g/mol. The molecule has 0 unspecified atom stereocenters. The number of carboxylic acids is 1. The molecular weight excluding hydrogens is 379 g/mol. The number of aliphatic carboxylic acids is 1. The van der Waals surface area contributed by atoms with Crippen molar-refractivity contribution in [3.05, 3.63) is 39.9 Å². The maximum atomic E-state index is 12.6. The fourth-order valence-electron chi connectivity index (χ4n) is 2.38. The molecule has 0 radical (unpaired) electrons. The zero-order chi connectivity index (χ0) is 19.4. The molecule has 9 heteroatoms. The van der Waals surface area contributed by atoms with Crippen molar-refractivity contribution in [3.63, 3.8) is 0 Å². The van der Waals surface area contributed by atoms with Gasteiger partial charge in [0.25, 0.3) is 5.91 Å². The SMILES string of the molecule is CC(C)c1nc(C(=O)N(C)CCCC(=O)O)nn1-c1c(Cl)cccc1Cl. The summed E-state index contributed by atoms with van der Waals surface area (Å²) in [5.41, 5.74) is 0.472. The lowest BCUT2D eigenvalue weighted by Crippen LogP contribution is -2.29. The van der Waals surface area contributed by atoms with Gasteiger partial charge in [-0.2, -0.15) is 0 Å². The van der Waals surface area contributed by atoms with Gasteiger partial charge in [-0.1, -0.05) is 43.1 Å². The molecule has 26 heavy (non-hydrogen) atoms. The second-order valence-corrected chi connectivity index (χ2v) is 6.97. The average molecular weight is 399 g/mol. The first-order valence-corrected chi connectivity index (χ1v) is 8.86. The Hall–Kier alpha value is -2.12. The van der Waals surface area contributed by atoms with Crippen molar-refractivity contribution in [1.82, 2.24) is 19.7 Å². The second kappa shape index (κ2) is 8.51. The Kier molecular flexibility index (Phi) is 6.61. The Morgan fingerprint density at radius 3 is 2.42 bits per heavy atom. The first-order chi connectivity index (χ1) is 12.2. The molecule has 140 valence electrons. The minimum atomic E-state index is -0.899. The van der Waals surface area contributed by atoms with Gasteiger partial charge in [0.1, 0.15) is 11.5 Å². The number of rotatable bonds is 7. The smallest absolute Gasteiger partial charge is 0.303 e. The van der Waals surface area contributed by atoms with Crippen LogP contribution in [0.1, 0.15) is 49.1 Å². The molecule has 0 atom stereocenters. The van der Waals surface area contributed by atoms with E-state index >= 15 is 0 Å². The van der Waals surface area contributed by atoms with Gasteiger partial charge in [-0.05, 0) is 18.6 Å². The summed E-state index contributed by atoms with van der Waals surface area (Å²) in [5, 5.41) is 13.8. The highest BCUT2D eigenvalue weighted by atomic mass is 35.5. The number of carbonyl (C=O) groups excluding carboxylic acids is 1. The largest absolute Gasteiger partial charge is 0.481 e. The van der Waals surface area contributed by atoms with Crippen LogP contribution in [0, 0.1) is 0 Å². The number of halogens is 2. The quantitative estimate of drug-likeness (QED) is 0.768. The molecule has 0 saturated heterocycles. The van der Waals surface area contributed by atoms with Gasteiger partial charge in [-0.25, -0.2) is 9.67 Å². The Bertz CT molecular complexity index is 800. The summed E-state index contributed by atoms with van der Waals surface area (Å²) in [6.07, 6.45) is 0.345. The van der Waals surface area contributed by atoms with Gasteiger partial charge < -0.3 is 10.0 Å². The molecule has 1 heterocycles. The normalized spacial score (nSPS) is 11.0. The number of hydrogen-bond acceptors (Lipinski definition) is 4. The van der Waals surface area contributed by atoms with E-state index in [-0.39, 0.29) is 24.1 Å². The number of benzene rings is 1. The standard InChI is InChI=1S/C17H20Cl2N4O3/c1-10(2)16-20-15(17(26)22(3)9-5-8-13(24)25)21-23(16)14-11(18)6-4-7-12(14)19/h4,6-7,10H,5,8-9H2,1-3H3,(H,24,25). The zero-order valence-corrected chi connectivity index (χ0v) is 16.3. The van der Waals surface area contributed by atoms with E-state index in [1.54, 1.807) is 25.2 Å². The highest BCUT2D eigenvalue weighted by molar-refractivity contribution is 6.37. The summed E-state index contributed by atoms with van der Waals surface area (Å²) >= 11 is 12.5. The van der Waals surface area contributed by atoms with Crippen molar-refractivity contribution in [2.75, 3.05) is 13.6 Å². The zero-order valence-electron chi connectivity index (χ0n) is 14.7. The molecule has 0 bridgehead atoms. The van der Waals surface area contributed by atoms with E-state index in [0.29, 0.717) is 34.5 Å². The van der Waals surface area contributed by atoms with Crippen molar-refractivity contribution in [3.8, 4) is 5.69 Å². The van der Waals surface area contributed by atoms with Crippen molar-refractivity contribution < 1.29 is 14.7 Å². The Morgan fingerprint density at radius 2 is 1.88 bits per heavy atom. The highest BCUT2D eigenvalue weighted by Crippen LogP contribution is 2.30. The van der Waals surface area contributed by atoms with Crippen molar-refractivity contribution in [2.45, 2.75) is 32.6 Å². The Morgan fingerprint density at radius 1 is 1.27 bits per heavy atom. The van der Waals surface area contributed by atoms with E-state index in [9.17, 15) is 9.59 Å². The first kappa shape index (κ1) is 20.2. The van der Waals surface area contributed by atoms with Crippen LogP contribution in [0.5, 0.6) is 0 Å². The van der Waals surface area contributed by atoms with Crippen LogP contribution >= 0.6 is 23.2 Å². The van der Waals surface area contributed by atoms with Gasteiger partial charge >= 0.3 is 5.97 Å². The van der Waals surface area contributed by atoms with Crippen LogP contribution in [0.3, 0.4) is 0 Å². The summed E-state index contributed by atoms with van der Waals surface area (Å²) in [6.45, 7) is 4.15. The maximum absolute atomic E-state index is 12.6. The van der Waals surface area contributed by atoms with Crippen LogP contribution in [-0.4, -0.2) is 50.2 Å². The summed E-state index contributed by atoms with van der Waals surface area (Å²) in [7, 11) is 1.59. The van der Waals surface area contributed by atoms with E-state index < -0.39 is 5.97 Å². The number of nitrogens with zero attached hydrogens (tertiary/aromatic N) is 4. The van der Waals surface area contributed by atoms with Gasteiger partial charge in [0.2, 0.25) is 5.82 Å². The molecule has 2 aromatic rings. The predicted molar refractivity (Wildman–Crippen MR) is 99.3 cm³/mol. The van der Waals surface area contributed by atoms with Crippen LogP contribution in [-0.2, 0) is 4.79 Å². The first-order valence-electron chi connectivity index (χ1n) is 8.11. The molecule has 1 aromatic carbocycles. The van der Waals surface area contributed by atoms with Crippen LogP contribution in [0.4, 0.5) is 0 Å². The third-order valence-corrected chi connectivity index (χ3v) is 4.33. The third kappa shape index (κ3) is 4.53. The fourth-order valence-corrected chi connectivity index (χ4v) is 2.94. The average Bonchev–Trinajstić information content (AvgIpc) is 2.98. The molecule has 7 nitrogen and oxygen atoms in total. The summed E-state index contributed by atoms with van der Waals surface area (Å²) in [6, 6.07) is 5.10. The molecule has 0 fully saturated rings. The van der Waals surface area contributed by atoms with Crippen molar-refractivity contribution in [2.24, 2.45) is 0 Å². The number of aromatic nitrogens is 3. The van der Waals surface area contributed by atoms with E-state index in [2.05, 4.69) is 10.1 Å². The Balaban J connectivity index is 2.35. The molecule has 0 aliphatic carbocycles. The third-order valence-electron chi connectivity index (χ3n) is 3.72. The van der Waals surface area contributed by atoms with Crippen LogP contribution in [0.25, 0.3) is 5.69 Å². The minimum Gasteiger partial charge on any atom is -0.481 e. The number of hydrogen-bond donors (Lipinski definition) is 1. The predicted octanol–water partition coefficient (Wildman–Crippen LogP) is 3.63. The van der Waals surface area contributed by atoms with E-state index in [1.165, 1.54) is 9.58 Å². The number of amides is 1. The van der Waals surface area contributed by atoms with Gasteiger partial charge in [-0.3, -0.25) is 9.59 Å². The van der Waals surface area contributed by atoms with E-state index in [4.69, 9.17) is 28.3 Å². The topological polar surface area (TPSA) is 88.3 Å². The van der Waals surface area contributed by atoms with Gasteiger partial charge in [0, 0.05) is 25.9 Å². The molecule has 0 aliphatic rings. The van der Waals surface area contributed by atoms with Crippen molar-refractivity contribution in [1.29, 1.82) is 0 Å². The maximum Gasteiger partial charge on any atom is 0.303 e. The van der Waals surface area contributed by atoms with Gasteiger partial charge in [0.15, 0.2) is 0 Å². The lowest BCUT2D eigenvalue weighted by atomic mass is 10.2. The van der Waals surface area contributed by atoms with Crippen LogP contribution in [0.2, 0.25) is 10.0 Å². The van der Waals surface area contributed by atoms with Gasteiger partial charge in [0.05, 0.1) is 10.0 Å². The Labute approximate surface area is 161 Å². The summed E-state index contributed by atoms with van der Waals surface area (Å²) in [4.78, 5) is 29.0. The van der Waals surface area contributed by atoms with Gasteiger partial charge in [-0.15, -0.1) is 5.10 Å². The van der Waals surface area contributed by atoms with E-state index in [0.717, 1.165) is 0 Å². The summed E-state index contributed by atoms with van der Waals surface area (Å²) < 4.78 is 1.49. The fraction of sp³-hybridized carbons (Fsp3) is 0.412. The highest BCUT2D eigenvalue weighted by Gasteiger charge is 2.24. The lowest BCUT2D eigenvalue weighted by Gasteiger charge is -2.14. The molecular formula is C17H20Cl2N4O3. The second-order valence-electron chi connectivity index (χ2n) is 6.15. The number of para-hydroxylation sites is 1. The number of carboxylic acid groups (broad SMARTS) is 1. The molecule has 1 aromatic heterocycles. The van der Waals surface area contributed by atoms with Crippen molar-refractivity contribution >= 4 is 35.1 Å². The molecule has 1 N–H and O–H groups in total. The van der Waals surface area contributed by atoms with Crippen LogP contribution < -0.4 is 0 Å².